The number of carbonyl (C=O) groups excluding carboxylic acids is 1. The van der Waals surface area contributed by atoms with Crippen LogP contribution in [0.25, 0.3) is 0 Å². The highest BCUT2D eigenvalue weighted by Gasteiger charge is 2.08. The van der Waals surface area contributed by atoms with E-state index in [0.29, 0.717) is 26.1 Å². The summed E-state index contributed by atoms with van der Waals surface area (Å²) in [6.45, 7) is 3.83. The number of nitrogens with one attached hydrogen (secondary N) is 1. The average Bonchev–Trinajstić information content (AvgIpc) is 2.53. The van der Waals surface area contributed by atoms with Crippen LogP contribution in [-0.2, 0) is 16.1 Å². The molecule has 1 rings (SSSR count). The number of ether oxygens (including phenoxy) is 2. The Labute approximate surface area is 132 Å². The van der Waals surface area contributed by atoms with Crippen LogP contribution in [0.4, 0.5) is 0 Å². The fraction of sp³-hybridized carbons (Fsp3) is 0.500. The van der Waals surface area contributed by atoms with Gasteiger partial charge in [0.15, 0.2) is 5.96 Å². The molecule has 0 amide bonds. The molecule has 0 aliphatic carbocycles. The molecule has 22 heavy (non-hydrogen) atoms. The Bertz CT molecular complexity index is 486. The first-order valence-electron chi connectivity index (χ1n) is 7.31. The van der Waals surface area contributed by atoms with Crippen LogP contribution in [0.3, 0.4) is 0 Å². The maximum absolute atomic E-state index is 11.1. The maximum atomic E-state index is 11.1. The highest BCUT2D eigenvalue weighted by molar-refractivity contribution is 5.80. The zero-order valence-corrected chi connectivity index (χ0v) is 13.8. The Morgan fingerprint density at radius 2 is 2.00 bits per heavy atom. The van der Waals surface area contributed by atoms with Crippen molar-refractivity contribution in [3.05, 3.63) is 29.8 Å². The van der Waals surface area contributed by atoms with Crippen molar-refractivity contribution in [1.29, 1.82) is 0 Å². The van der Waals surface area contributed by atoms with E-state index in [9.17, 15) is 4.79 Å². The molecule has 1 aromatic carbocycles. The van der Waals surface area contributed by atoms with Gasteiger partial charge in [-0.15, -0.1) is 0 Å². The summed E-state index contributed by atoms with van der Waals surface area (Å²) in [4.78, 5) is 17.3. The summed E-state index contributed by atoms with van der Waals surface area (Å²) in [7, 11) is 5.05. The second kappa shape index (κ2) is 9.65. The van der Waals surface area contributed by atoms with E-state index in [0.717, 1.165) is 17.3 Å². The van der Waals surface area contributed by atoms with Gasteiger partial charge in [-0.25, -0.2) is 0 Å². The van der Waals surface area contributed by atoms with Gasteiger partial charge >= 0.3 is 5.97 Å². The SMILES string of the molecule is CCOc1ccc(CN(C)C(=NC)NCCC(=O)OC)cc1. The third kappa shape index (κ3) is 6.03. The second-order valence-electron chi connectivity index (χ2n) is 4.73. The summed E-state index contributed by atoms with van der Waals surface area (Å²) in [6.07, 6.45) is 0.312. The van der Waals surface area contributed by atoms with Gasteiger partial charge in [0, 0.05) is 27.2 Å². The van der Waals surface area contributed by atoms with Crippen molar-refractivity contribution >= 4 is 11.9 Å². The zero-order valence-electron chi connectivity index (χ0n) is 13.8. The van der Waals surface area contributed by atoms with Crippen LogP contribution in [-0.4, -0.2) is 51.2 Å². The molecule has 0 saturated carbocycles. The molecule has 1 N–H and O–H groups in total. The molecule has 0 saturated heterocycles. The van der Waals surface area contributed by atoms with E-state index < -0.39 is 0 Å². The van der Waals surface area contributed by atoms with E-state index in [-0.39, 0.29) is 5.97 Å². The van der Waals surface area contributed by atoms with Crippen molar-refractivity contribution in [1.82, 2.24) is 10.2 Å². The quantitative estimate of drug-likeness (QED) is 0.471. The number of aliphatic imine (C=N–C) groups is 1. The smallest absolute Gasteiger partial charge is 0.307 e. The van der Waals surface area contributed by atoms with Gasteiger partial charge in [0.1, 0.15) is 5.75 Å². The maximum Gasteiger partial charge on any atom is 0.307 e. The standard InChI is InChI=1S/C16H25N3O3/c1-5-22-14-8-6-13(7-9-14)12-19(3)16(17-2)18-11-10-15(20)21-4/h6-9H,5,10-12H2,1-4H3,(H,17,18). The normalized spacial score (nSPS) is 11.0. The van der Waals surface area contributed by atoms with Crippen molar-refractivity contribution in [3.63, 3.8) is 0 Å². The summed E-state index contributed by atoms with van der Waals surface area (Å²) in [6, 6.07) is 7.98. The number of esters is 1. The number of methoxy groups -OCH3 is 1. The zero-order chi connectivity index (χ0) is 16.4. The lowest BCUT2D eigenvalue weighted by Crippen LogP contribution is -2.39. The molecule has 0 fully saturated rings. The predicted octanol–water partition coefficient (Wildman–Crippen LogP) is 1.66. The summed E-state index contributed by atoms with van der Waals surface area (Å²) >= 11 is 0. The minimum atomic E-state index is -0.239. The summed E-state index contributed by atoms with van der Waals surface area (Å²) < 4.78 is 10.0. The fourth-order valence-corrected chi connectivity index (χ4v) is 1.97. The third-order valence-electron chi connectivity index (χ3n) is 3.07. The number of hydrogen-bond donors (Lipinski definition) is 1. The van der Waals surface area contributed by atoms with Crippen molar-refractivity contribution in [2.45, 2.75) is 19.9 Å². The molecule has 0 heterocycles. The number of nitrogens with zero attached hydrogens (tertiary/aromatic N) is 2. The number of carbonyl (C=O) groups is 1. The van der Waals surface area contributed by atoms with Gasteiger partial charge in [-0.2, -0.15) is 0 Å². The van der Waals surface area contributed by atoms with Crippen LogP contribution < -0.4 is 10.1 Å². The molecule has 0 aliphatic heterocycles. The van der Waals surface area contributed by atoms with Gasteiger partial charge in [-0.05, 0) is 24.6 Å². The van der Waals surface area contributed by atoms with Crippen molar-refractivity contribution in [2.75, 3.05) is 34.4 Å². The van der Waals surface area contributed by atoms with Crippen LogP contribution in [0, 0.1) is 0 Å². The van der Waals surface area contributed by atoms with Gasteiger partial charge < -0.3 is 19.7 Å². The molecular weight excluding hydrogens is 282 g/mol. The summed E-state index contributed by atoms with van der Waals surface area (Å²) in [5.41, 5.74) is 1.15. The van der Waals surface area contributed by atoms with E-state index in [1.807, 2.05) is 43.1 Å². The summed E-state index contributed by atoms with van der Waals surface area (Å²) in [5, 5.41) is 3.14. The first-order valence-corrected chi connectivity index (χ1v) is 7.31. The van der Waals surface area contributed by atoms with E-state index in [1.165, 1.54) is 7.11 Å². The van der Waals surface area contributed by atoms with Gasteiger partial charge in [0.05, 0.1) is 20.1 Å². The number of hydrogen-bond acceptors (Lipinski definition) is 4. The molecule has 0 aliphatic rings. The van der Waals surface area contributed by atoms with Gasteiger partial charge in [-0.1, -0.05) is 12.1 Å². The Kier molecular flexibility index (Phi) is 7.81. The largest absolute Gasteiger partial charge is 0.494 e. The third-order valence-corrected chi connectivity index (χ3v) is 3.07. The minimum Gasteiger partial charge on any atom is -0.494 e. The molecule has 6 nitrogen and oxygen atoms in total. The highest BCUT2D eigenvalue weighted by Crippen LogP contribution is 2.13. The molecule has 0 radical (unpaired) electrons. The van der Waals surface area contributed by atoms with Crippen molar-refractivity contribution in [3.8, 4) is 5.75 Å². The first-order chi connectivity index (χ1) is 10.6. The van der Waals surface area contributed by atoms with E-state index in [2.05, 4.69) is 15.0 Å². The molecule has 0 atom stereocenters. The van der Waals surface area contributed by atoms with Gasteiger partial charge in [0.2, 0.25) is 0 Å². The number of benzene rings is 1. The van der Waals surface area contributed by atoms with E-state index in [1.54, 1.807) is 7.05 Å². The Morgan fingerprint density at radius 1 is 1.32 bits per heavy atom. The Balaban J connectivity index is 2.50. The lowest BCUT2D eigenvalue weighted by atomic mass is 10.2. The van der Waals surface area contributed by atoms with Crippen LogP contribution in [0.5, 0.6) is 5.75 Å². The van der Waals surface area contributed by atoms with Crippen LogP contribution in [0.15, 0.2) is 29.3 Å². The van der Waals surface area contributed by atoms with Crippen LogP contribution in [0.1, 0.15) is 18.9 Å². The minimum absolute atomic E-state index is 0.239. The van der Waals surface area contributed by atoms with Crippen molar-refractivity contribution in [2.24, 2.45) is 4.99 Å². The van der Waals surface area contributed by atoms with Crippen LogP contribution >= 0.6 is 0 Å². The molecule has 0 aromatic heterocycles. The monoisotopic (exact) mass is 307 g/mol. The Hall–Kier alpha value is -2.24. The van der Waals surface area contributed by atoms with E-state index in [4.69, 9.17) is 4.74 Å². The molecule has 6 heteroatoms. The van der Waals surface area contributed by atoms with Gasteiger partial charge in [-0.3, -0.25) is 9.79 Å². The summed E-state index contributed by atoms with van der Waals surface area (Å²) in [5.74, 6) is 1.37. The first kappa shape index (κ1) is 17.8. The molecule has 1 aromatic rings. The van der Waals surface area contributed by atoms with Crippen molar-refractivity contribution < 1.29 is 14.3 Å². The lowest BCUT2D eigenvalue weighted by molar-refractivity contribution is -0.140. The average molecular weight is 307 g/mol. The van der Waals surface area contributed by atoms with E-state index >= 15 is 0 Å². The number of guanidine groups is 1. The molecule has 0 unspecified atom stereocenters. The van der Waals surface area contributed by atoms with Gasteiger partial charge in [0.25, 0.3) is 0 Å². The predicted molar refractivity (Wildman–Crippen MR) is 87.1 cm³/mol. The lowest BCUT2D eigenvalue weighted by Gasteiger charge is -2.22. The van der Waals surface area contributed by atoms with Crippen LogP contribution in [0.2, 0.25) is 0 Å². The Morgan fingerprint density at radius 3 is 2.55 bits per heavy atom. The molecule has 0 spiro atoms. The second-order valence-corrected chi connectivity index (χ2v) is 4.73. The molecular formula is C16H25N3O3. The topological polar surface area (TPSA) is 63.2 Å². The number of rotatable bonds is 7. The molecule has 0 bridgehead atoms. The fourth-order valence-electron chi connectivity index (χ4n) is 1.97. The molecule has 122 valence electrons. The highest BCUT2D eigenvalue weighted by atomic mass is 16.5.